The minimum absolute atomic E-state index is 0.110. The molecule has 0 saturated carbocycles. The molecule has 1 saturated heterocycles. The van der Waals surface area contributed by atoms with Crippen molar-refractivity contribution < 1.29 is 9.00 Å². The van der Waals surface area contributed by atoms with Gasteiger partial charge < -0.3 is 11.1 Å². The van der Waals surface area contributed by atoms with E-state index in [4.69, 9.17) is 18.0 Å². The molecule has 0 unspecified atom stereocenters. The van der Waals surface area contributed by atoms with Gasteiger partial charge in [0, 0.05) is 41.0 Å². The molecule has 0 bridgehead atoms. The van der Waals surface area contributed by atoms with Crippen LogP contribution in [0.5, 0.6) is 0 Å². The number of benzene rings is 1. The van der Waals surface area contributed by atoms with Gasteiger partial charge >= 0.3 is 0 Å². The number of amides is 1. The largest absolute Gasteiger partial charge is 0.389 e. The molecule has 0 aliphatic carbocycles. The summed E-state index contributed by atoms with van der Waals surface area (Å²) in [5, 5.41) is 2.83. The van der Waals surface area contributed by atoms with Crippen molar-refractivity contribution >= 4 is 39.6 Å². The summed E-state index contributed by atoms with van der Waals surface area (Å²) in [6, 6.07) is 7.20. The van der Waals surface area contributed by atoms with Crippen LogP contribution in [0.2, 0.25) is 0 Å². The van der Waals surface area contributed by atoms with Crippen LogP contribution in [0.25, 0.3) is 0 Å². The summed E-state index contributed by atoms with van der Waals surface area (Å²) in [5.74, 6) is 1.16. The molecule has 0 atom stereocenters. The predicted octanol–water partition coefficient (Wildman–Crippen LogP) is 0.324. The number of hydrogen-bond donors (Lipinski definition) is 2. The second kappa shape index (κ2) is 6.92. The average Bonchev–Trinajstić information content (AvgIpc) is 2.41. The number of rotatable bonds is 4. The number of carbonyl (C=O) groups is 1. The van der Waals surface area contributed by atoms with Crippen molar-refractivity contribution in [3.05, 3.63) is 29.8 Å². The van der Waals surface area contributed by atoms with Crippen molar-refractivity contribution in [2.75, 3.05) is 36.5 Å². The molecular weight excluding hydrogens is 294 g/mol. The van der Waals surface area contributed by atoms with E-state index in [9.17, 15) is 9.00 Å². The third kappa shape index (κ3) is 4.09. The van der Waals surface area contributed by atoms with E-state index in [1.54, 1.807) is 12.1 Å². The van der Waals surface area contributed by atoms with E-state index in [2.05, 4.69) is 5.32 Å². The Labute approximate surface area is 126 Å². The van der Waals surface area contributed by atoms with Gasteiger partial charge in [-0.2, -0.15) is 0 Å². The van der Waals surface area contributed by atoms with E-state index >= 15 is 0 Å². The smallest absolute Gasteiger partial charge is 0.238 e. The van der Waals surface area contributed by atoms with Crippen molar-refractivity contribution in [2.24, 2.45) is 5.73 Å². The molecule has 1 aliphatic heterocycles. The maximum absolute atomic E-state index is 12.0. The molecule has 3 N–H and O–H groups in total. The highest BCUT2D eigenvalue weighted by Crippen LogP contribution is 2.14. The topological polar surface area (TPSA) is 75.4 Å². The quantitative estimate of drug-likeness (QED) is 0.784. The van der Waals surface area contributed by atoms with Crippen LogP contribution in [-0.4, -0.2) is 51.1 Å². The fourth-order valence-electron chi connectivity index (χ4n) is 2.03. The van der Waals surface area contributed by atoms with Gasteiger partial charge in [0.05, 0.1) is 12.2 Å². The number of hydrogen-bond acceptors (Lipinski definition) is 4. The lowest BCUT2D eigenvalue weighted by Crippen LogP contribution is -2.42. The highest BCUT2D eigenvalue weighted by molar-refractivity contribution is 7.85. The third-order valence-electron chi connectivity index (χ3n) is 3.10. The lowest BCUT2D eigenvalue weighted by atomic mass is 10.2. The van der Waals surface area contributed by atoms with Crippen molar-refractivity contribution in [1.29, 1.82) is 0 Å². The summed E-state index contributed by atoms with van der Waals surface area (Å²) in [6.45, 7) is 1.68. The second-order valence-electron chi connectivity index (χ2n) is 4.58. The minimum atomic E-state index is -0.731. The first-order chi connectivity index (χ1) is 9.56. The molecule has 0 aromatic heterocycles. The van der Waals surface area contributed by atoms with Crippen molar-refractivity contribution in [3.8, 4) is 0 Å². The van der Waals surface area contributed by atoms with E-state index in [1.165, 1.54) is 0 Å². The number of nitrogens with one attached hydrogen (secondary N) is 1. The highest BCUT2D eigenvalue weighted by Gasteiger charge is 2.18. The molecule has 5 nitrogen and oxygen atoms in total. The summed E-state index contributed by atoms with van der Waals surface area (Å²) in [6.07, 6.45) is 0. The van der Waals surface area contributed by atoms with Gasteiger partial charge in [0.2, 0.25) is 5.91 Å². The molecule has 7 heteroatoms. The van der Waals surface area contributed by atoms with Crippen molar-refractivity contribution in [3.63, 3.8) is 0 Å². The van der Waals surface area contributed by atoms with E-state index in [0.717, 1.165) is 0 Å². The Morgan fingerprint density at radius 2 is 2.00 bits per heavy atom. The van der Waals surface area contributed by atoms with E-state index in [-0.39, 0.29) is 10.9 Å². The first kappa shape index (κ1) is 15.1. The molecule has 0 spiro atoms. The zero-order chi connectivity index (χ0) is 14.5. The first-order valence-corrected chi connectivity index (χ1v) is 8.22. The van der Waals surface area contributed by atoms with Crippen LogP contribution in [0.15, 0.2) is 24.3 Å². The number of thiocarbonyl (C=S) groups is 1. The number of nitrogens with zero attached hydrogens (tertiary/aromatic N) is 1. The van der Waals surface area contributed by atoms with Gasteiger partial charge in [0.15, 0.2) is 0 Å². The van der Waals surface area contributed by atoms with Crippen molar-refractivity contribution in [2.45, 2.75) is 0 Å². The van der Waals surface area contributed by atoms with Crippen LogP contribution >= 0.6 is 12.2 Å². The molecule has 1 heterocycles. The SMILES string of the molecule is NC(=S)c1ccccc1NC(=O)CN1CCS(=O)CC1. The molecule has 1 aromatic carbocycles. The molecule has 2 rings (SSSR count). The Morgan fingerprint density at radius 1 is 1.35 bits per heavy atom. The van der Waals surface area contributed by atoms with Gasteiger partial charge in [-0.25, -0.2) is 0 Å². The standard InChI is InChI=1S/C13H17N3O2S2/c14-13(19)10-3-1-2-4-11(10)15-12(17)9-16-5-7-20(18)8-6-16/h1-4H,5-9H2,(H2,14,19)(H,15,17). The number of nitrogens with two attached hydrogens (primary N) is 1. The van der Waals surface area contributed by atoms with Gasteiger partial charge in [-0.1, -0.05) is 24.4 Å². The summed E-state index contributed by atoms with van der Waals surface area (Å²) in [7, 11) is -0.731. The molecule has 1 fully saturated rings. The zero-order valence-corrected chi connectivity index (χ0v) is 12.6. The average molecular weight is 311 g/mol. The molecule has 1 aliphatic rings. The molecule has 20 heavy (non-hydrogen) atoms. The summed E-state index contributed by atoms with van der Waals surface area (Å²) in [4.78, 5) is 14.3. The van der Waals surface area contributed by atoms with Gasteiger partial charge in [-0.3, -0.25) is 13.9 Å². The van der Waals surface area contributed by atoms with Crippen LogP contribution < -0.4 is 11.1 Å². The van der Waals surface area contributed by atoms with Gasteiger partial charge in [-0.15, -0.1) is 0 Å². The lowest BCUT2D eigenvalue weighted by molar-refractivity contribution is -0.117. The Hall–Kier alpha value is -1.31. The molecule has 0 radical (unpaired) electrons. The summed E-state index contributed by atoms with van der Waals surface area (Å²) >= 11 is 4.96. The van der Waals surface area contributed by atoms with E-state index in [0.29, 0.717) is 42.4 Å². The zero-order valence-electron chi connectivity index (χ0n) is 11.0. The lowest BCUT2D eigenvalue weighted by Gasteiger charge is -2.25. The number of carbonyl (C=O) groups excluding carboxylic acids is 1. The maximum atomic E-state index is 12.0. The monoisotopic (exact) mass is 311 g/mol. The van der Waals surface area contributed by atoms with Gasteiger partial charge in [0.1, 0.15) is 4.99 Å². The molecular formula is C13H17N3O2S2. The third-order valence-corrected chi connectivity index (χ3v) is 4.60. The molecule has 108 valence electrons. The highest BCUT2D eigenvalue weighted by atomic mass is 32.2. The minimum Gasteiger partial charge on any atom is -0.389 e. The van der Waals surface area contributed by atoms with Crippen LogP contribution in [0.3, 0.4) is 0 Å². The molecule has 1 aromatic rings. The Morgan fingerprint density at radius 3 is 2.65 bits per heavy atom. The summed E-state index contributed by atoms with van der Waals surface area (Å²) < 4.78 is 11.3. The predicted molar refractivity (Wildman–Crippen MR) is 85.3 cm³/mol. The Kier molecular flexibility index (Phi) is 5.22. The molecule has 1 amide bonds. The van der Waals surface area contributed by atoms with Crippen LogP contribution in [-0.2, 0) is 15.6 Å². The number of para-hydroxylation sites is 1. The van der Waals surface area contributed by atoms with Crippen LogP contribution in [0.4, 0.5) is 5.69 Å². The van der Waals surface area contributed by atoms with Crippen molar-refractivity contribution in [1.82, 2.24) is 4.90 Å². The van der Waals surface area contributed by atoms with E-state index in [1.807, 2.05) is 17.0 Å². The normalized spacial score (nSPS) is 16.8. The first-order valence-electron chi connectivity index (χ1n) is 6.32. The fourth-order valence-corrected chi connectivity index (χ4v) is 3.34. The van der Waals surface area contributed by atoms with Gasteiger partial charge in [0.25, 0.3) is 0 Å². The number of anilines is 1. The van der Waals surface area contributed by atoms with Crippen LogP contribution in [0, 0.1) is 0 Å². The maximum Gasteiger partial charge on any atom is 0.238 e. The summed E-state index contributed by atoms with van der Waals surface area (Å²) in [5.41, 5.74) is 6.92. The van der Waals surface area contributed by atoms with Crippen LogP contribution in [0.1, 0.15) is 5.56 Å². The Bertz CT molecular complexity index is 538. The van der Waals surface area contributed by atoms with E-state index < -0.39 is 10.8 Å². The van der Waals surface area contributed by atoms with Gasteiger partial charge in [-0.05, 0) is 12.1 Å². The second-order valence-corrected chi connectivity index (χ2v) is 6.72. The fraction of sp³-hybridized carbons (Fsp3) is 0.385. The Balaban J connectivity index is 1.95.